The summed E-state index contributed by atoms with van der Waals surface area (Å²) >= 11 is 0. The molecule has 0 radical (unpaired) electrons. The second kappa shape index (κ2) is 14.0. The Hall–Kier alpha value is -8.48. The van der Waals surface area contributed by atoms with Gasteiger partial charge in [0.25, 0.3) is 0 Å². The van der Waals surface area contributed by atoms with Crippen LogP contribution in [0.5, 0.6) is 0 Å². The molecule has 0 amide bonds. The molecule has 1 aliphatic rings. The van der Waals surface area contributed by atoms with Crippen LogP contribution < -0.4 is 5.32 Å². The van der Waals surface area contributed by atoms with Gasteiger partial charge in [-0.05, 0) is 94.5 Å². The summed E-state index contributed by atoms with van der Waals surface area (Å²) in [6.45, 7) is 0. The number of rotatable bonds is 6. The van der Waals surface area contributed by atoms with E-state index in [1.54, 1.807) is 0 Å². The van der Waals surface area contributed by atoms with Crippen LogP contribution in [0.25, 0.3) is 93.6 Å². The van der Waals surface area contributed by atoms with Gasteiger partial charge in [-0.1, -0.05) is 140 Å². The third-order valence-corrected chi connectivity index (χ3v) is 12.5. The van der Waals surface area contributed by atoms with E-state index in [9.17, 15) is 0 Å². The molecule has 0 saturated carbocycles. The predicted molar refractivity (Wildman–Crippen MR) is 258 cm³/mol. The first kappa shape index (κ1) is 35.3. The minimum Gasteiger partial charge on any atom is -0.456 e. The Balaban J connectivity index is 0.936. The molecule has 1 N–H and O–H groups in total. The number of amidine groups is 2. The molecule has 3 aromatic heterocycles. The van der Waals surface area contributed by atoms with Gasteiger partial charge in [-0.2, -0.15) is 0 Å². The number of para-hydroxylation sites is 2. The van der Waals surface area contributed by atoms with Gasteiger partial charge in [0.2, 0.25) is 0 Å². The Bertz CT molecular complexity index is 3840. The van der Waals surface area contributed by atoms with E-state index in [0.29, 0.717) is 5.84 Å². The Morgan fingerprint density at radius 3 is 1.94 bits per heavy atom. The average molecular weight is 809 g/mol. The van der Waals surface area contributed by atoms with Crippen LogP contribution in [-0.2, 0) is 0 Å². The van der Waals surface area contributed by atoms with Gasteiger partial charge < -0.3 is 18.7 Å². The predicted octanol–water partition coefficient (Wildman–Crippen LogP) is 14.4. The summed E-state index contributed by atoms with van der Waals surface area (Å²) in [4.78, 5) is 10.4. The zero-order valence-corrected chi connectivity index (χ0v) is 33.9. The Morgan fingerprint density at radius 1 is 0.413 bits per heavy atom. The first-order valence-corrected chi connectivity index (χ1v) is 21.2. The highest BCUT2D eigenvalue weighted by Crippen LogP contribution is 2.39. The zero-order valence-electron chi connectivity index (χ0n) is 33.9. The van der Waals surface area contributed by atoms with Crippen molar-refractivity contribution in [2.75, 3.05) is 0 Å². The minimum absolute atomic E-state index is 0.362. The maximum absolute atomic E-state index is 6.57. The van der Waals surface area contributed by atoms with E-state index in [-0.39, 0.29) is 6.17 Å². The van der Waals surface area contributed by atoms with Gasteiger partial charge in [0, 0.05) is 49.1 Å². The van der Waals surface area contributed by atoms with Gasteiger partial charge in [-0.15, -0.1) is 0 Å². The number of hydrogen-bond acceptors (Lipinski definition) is 5. The smallest absolute Gasteiger partial charge is 0.159 e. The van der Waals surface area contributed by atoms with Gasteiger partial charge in [0.1, 0.15) is 34.3 Å². The van der Waals surface area contributed by atoms with Crippen molar-refractivity contribution in [1.29, 1.82) is 0 Å². The fourth-order valence-corrected chi connectivity index (χ4v) is 9.48. The van der Waals surface area contributed by atoms with E-state index < -0.39 is 0 Å². The lowest BCUT2D eigenvalue weighted by Gasteiger charge is -2.24. The molecule has 6 nitrogen and oxygen atoms in total. The van der Waals surface area contributed by atoms with Crippen LogP contribution in [0.15, 0.2) is 225 Å². The van der Waals surface area contributed by atoms with Crippen molar-refractivity contribution in [3.63, 3.8) is 0 Å². The molecule has 1 atom stereocenters. The lowest BCUT2D eigenvalue weighted by atomic mass is 9.98. The van der Waals surface area contributed by atoms with Crippen LogP contribution >= 0.6 is 0 Å². The van der Waals surface area contributed by atoms with Crippen LogP contribution in [-0.4, -0.2) is 16.2 Å². The molecule has 0 fully saturated rings. The van der Waals surface area contributed by atoms with E-state index in [4.69, 9.17) is 18.8 Å². The van der Waals surface area contributed by atoms with Crippen LogP contribution in [0.2, 0.25) is 0 Å². The standard InChI is InChI=1S/C57H36N4O2/c1-3-13-35(14-4-1)37-17-11-18-41(31-37)61-48-22-9-7-19-42(48)46-32-38(26-29-49(46)61)39-27-30-51-47(33-39)54-45(21-12-24-52(54)62-51)57-59-55(36-15-5-2-6-16-36)58-56(60-57)40-25-28-44-43-20-8-10-23-50(43)63-53(44)34-40/h1-34,55H,(H,58,59,60). The molecule has 1 unspecified atom stereocenters. The summed E-state index contributed by atoms with van der Waals surface area (Å²) in [6, 6.07) is 72.3. The number of nitrogens with zero attached hydrogens (tertiary/aromatic N) is 3. The number of benzene rings is 9. The Morgan fingerprint density at radius 2 is 1.05 bits per heavy atom. The quantitative estimate of drug-likeness (QED) is 0.182. The third kappa shape index (κ3) is 5.80. The van der Waals surface area contributed by atoms with Gasteiger partial charge in [-0.3, -0.25) is 0 Å². The number of hydrogen-bond donors (Lipinski definition) is 1. The van der Waals surface area contributed by atoms with E-state index >= 15 is 0 Å². The van der Waals surface area contributed by atoms with Crippen molar-refractivity contribution in [2.45, 2.75) is 6.17 Å². The summed E-state index contributed by atoms with van der Waals surface area (Å²) in [7, 11) is 0. The molecule has 12 aromatic rings. The highest BCUT2D eigenvalue weighted by atomic mass is 16.3. The minimum atomic E-state index is -0.362. The molecule has 4 heterocycles. The molecule has 0 bridgehead atoms. The molecule has 13 rings (SSSR count). The molecule has 1 aliphatic heterocycles. The summed E-state index contributed by atoms with van der Waals surface area (Å²) in [6.07, 6.45) is -0.362. The van der Waals surface area contributed by atoms with Gasteiger partial charge in [0.05, 0.1) is 11.0 Å². The van der Waals surface area contributed by atoms with Crippen molar-refractivity contribution in [2.24, 2.45) is 9.98 Å². The van der Waals surface area contributed by atoms with E-state index in [1.807, 2.05) is 48.5 Å². The largest absolute Gasteiger partial charge is 0.456 e. The first-order chi connectivity index (χ1) is 31.2. The van der Waals surface area contributed by atoms with Crippen LogP contribution in [0, 0.1) is 0 Å². The highest BCUT2D eigenvalue weighted by Gasteiger charge is 2.25. The summed E-state index contributed by atoms with van der Waals surface area (Å²) in [5, 5.41) is 10.3. The topological polar surface area (TPSA) is 68.0 Å². The lowest BCUT2D eigenvalue weighted by molar-refractivity contribution is 0.667. The normalized spacial score (nSPS) is 14.2. The molecule has 296 valence electrons. The number of aliphatic imine (C=N–C) groups is 2. The highest BCUT2D eigenvalue weighted by molar-refractivity contribution is 6.22. The zero-order chi connectivity index (χ0) is 41.4. The van der Waals surface area contributed by atoms with Crippen molar-refractivity contribution in [3.8, 4) is 27.9 Å². The molecule has 63 heavy (non-hydrogen) atoms. The first-order valence-electron chi connectivity index (χ1n) is 21.2. The molecule has 0 aliphatic carbocycles. The monoisotopic (exact) mass is 808 g/mol. The fourth-order valence-electron chi connectivity index (χ4n) is 9.48. The van der Waals surface area contributed by atoms with Gasteiger partial charge in [0.15, 0.2) is 5.84 Å². The number of aromatic nitrogens is 1. The summed E-state index contributed by atoms with van der Waals surface area (Å²) in [5.74, 6) is 1.35. The van der Waals surface area contributed by atoms with Gasteiger partial charge in [-0.25, -0.2) is 9.98 Å². The van der Waals surface area contributed by atoms with E-state index in [2.05, 4.69) is 168 Å². The number of fused-ring (bicyclic) bond motifs is 9. The Kier molecular flexibility index (Phi) is 7.87. The molecular formula is C57H36N4O2. The Labute approximate surface area is 361 Å². The lowest BCUT2D eigenvalue weighted by Crippen LogP contribution is -2.33. The molecule has 0 saturated heterocycles. The van der Waals surface area contributed by atoms with Crippen molar-refractivity contribution >= 4 is 77.4 Å². The fraction of sp³-hybridized carbons (Fsp3) is 0.0175. The van der Waals surface area contributed by atoms with Crippen molar-refractivity contribution in [1.82, 2.24) is 9.88 Å². The molecule has 9 aromatic carbocycles. The van der Waals surface area contributed by atoms with Crippen molar-refractivity contribution in [3.05, 3.63) is 223 Å². The second-order valence-corrected chi connectivity index (χ2v) is 16.2. The third-order valence-electron chi connectivity index (χ3n) is 12.5. The molecule has 0 spiro atoms. The maximum Gasteiger partial charge on any atom is 0.159 e. The molecule has 6 heteroatoms. The van der Waals surface area contributed by atoms with E-state index in [1.165, 1.54) is 27.4 Å². The van der Waals surface area contributed by atoms with Crippen molar-refractivity contribution < 1.29 is 8.83 Å². The molecular weight excluding hydrogens is 773 g/mol. The van der Waals surface area contributed by atoms with Crippen LogP contribution in [0.1, 0.15) is 22.9 Å². The van der Waals surface area contributed by atoms with E-state index in [0.717, 1.165) is 88.7 Å². The van der Waals surface area contributed by atoms with Gasteiger partial charge >= 0.3 is 0 Å². The maximum atomic E-state index is 6.57. The number of nitrogens with one attached hydrogen (secondary N) is 1. The SMILES string of the molecule is c1ccc(-c2cccc(-n3c4ccccc4c4cc(-c5ccc6oc7cccc(C8=NC(c9ccc%10c(c9)oc9ccccc9%10)=NC(c9ccccc9)N8)c7c6c5)ccc43)c2)cc1. The number of furan rings is 2. The second-order valence-electron chi connectivity index (χ2n) is 16.2. The summed E-state index contributed by atoms with van der Waals surface area (Å²) in [5.41, 5.74) is 14.2. The van der Waals surface area contributed by atoms with Crippen LogP contribution in [0.3, 0.4) is 0 Å². The average Bonchev–Trinajstić information content (AvgIpc) is 4.03. The van der Waals surface area contributed by atoms with Crippen LogP contribution in [0.4, 0.5) is 0 Å². The summed E-state index contributed by atoms with van der Waals surface area (Å²) < 4.78 is 15.3.